The number of amides is 2. The van der Waals surface area contributed by atoms with E-state index in [1.54, 1.807) is 0 Å². The Balaban J connectivity index is 1.18. The van der Waals surface area contributed by atoms with Crippen molar-refractivity contribution in [2.24, 2.45) is 11.8 Å². The molecule has 3 aliphatic carbocycles. The predicted molar refractivity (Wildman–Crippen MR) is 131 cm³/mol. The molecular formula is C28H32N2O5. The van der Waals surface area contributed by atoms with Gasteiger partial charge in [0.1, 0.15) is 6.61 Å². The quantitative estimate of drug-likeness (QED) is 0.571. The van der Waals surface area contributed by atoms with Crippen LogP contribution in [0.4, 0.5) is 4.79 Å². The fraction of sp³-hybridized carbons (Fsp3) is 0.464. The maximum absolute atomic E-state index is 13.0. The van der Waals surface area contributed by atoms with Crippen LogP contribution in [0.5, 0.6) is 0 Å². The third-order valence-electron chi connectivity index (χ3n) is 7.88. The number of fused-ring (bicyclic) bond motifs is 3. The molecule has 3 aliphatic rings. The van der Waals surface area contributed by atoms with Crippen molar-refractivity contribution in [2.75, 3.05) is 6.61 Å². The van der Waals surface area contributed by atoms with Crippen molar-refractivity contribution in [3.63, 3.8) is 0 Å². The number of hydrogen-bond acceptors (Lipinski definition) is 4. The second-order valence-electron chi connectivity index (χ2n) is 10.0. The zero-order chi connectivity index (χ0) is 24.4. The van der Waals surface area contributed by atoms with E-state index < -0.39 is 12.1 Å². The second kappa shape index (κ2) is 10.1. The van der Waals surface area contributed by atoms with Crippen molar-refractivity contribution < 1.29 is 24.2 Å². The van der Waals surface area contributed by atoms with E-state index in [0.717, 1.165) is 30.4 Å². The molecule has 0 bridgehead atoms. The molecule has 4 atom stereocenters. The van der Waals surface area contributed by atoms with Gasteiger partial charge in [0.05, 0.1) is 11.8 Å². The number of carbonyl (C=O) groups is 3. The number of aliphatic carboxylic acids is 1. The maximum Gasteiger partial charge on any atom is 0.407 e. The summed E-state index contributed by atoms with van der Waals surface area (Å²) in [5.74, 6) is -1.61. The minimum Gasteiger partial charge on any atom is -0.481 e. The van der Waals surface area contributed by atoms with Gasteiger partial charge in [-0.05, 0) is 54.4 Å². The number of alkyl carbamates (subject to hydrolysis) is 1. The van der Waals surface area contributed by atoms with Crippen LogP contribution in [0.3, 0.4) is 0 Å². The first-order chi connectivity index (χ1) is 17.0. The molecule has 35 heavy (non-hydrogen) atoms. The van der Waals surface area contributed by atoms with Crippen LogP contribution in [0.2, 0.25) is 0 Å². The van der Waals surface area contributed by atoms with Crippen molar-refractivity contribution in [3.05, 3.63) is 59.7 Å². The highest BCUT2D eigenvalue weighted by Crippen LogP contribution is 2.44. The molecule has 0 aliphatic heterocycles. The van der Waals surface area contributed by atoms with Gasteiger partial charge in [-0.2, -0.15) is 0 Å². The van der Waals surface area contributed by atoms with Crippen LogP contribution in [-0.4, -0.2) is 41.8 Å². The van der Waals surface area contributed by atoms with Crippen molar-refractivity contribution >= 4 is 18.0 Å². The average Bonchev–Trinajstić information content (AvgIpc) is 3.46. The van der Waals surface area contributed by atoms with Crippen LogP contribution in [0.15, 0.2) is 48.5 Å². The van der Waals surface area contributed by atoms with Gasteiger partial charge in [-0.1, -0.05) is 61.4 Å². The van der Waals surface area contributed by atoms with Crippen molar-refractivity contribution in [3.8, 4) is 11.1 Å². The Labute approximate surface area is 205 Å². The van der Waals surface area contributed by atoms with E-state index in [9.17, 15) is 19.5 Å². The van der Waals surface area contributed by atoms with Crippen molar-refractivity contribution in [2.45, 2.75) is 62.9 Å². The molecule has 2 fully saturated rings. The molecule has 2 amide bonds. The number of ether oxygens (including phenoxy) is 1. The summed E-state index contributed by atoms with van der Waals surface area (Å²) in [6.45, 7) is 0.238. The van der Waals surface area contributed by atoms with Gasteiger partial charge >= 0.3 is 12.1 Å². The molecule has 7 nitrogen and oxygen atoms in total. The van der Waals surface area contributed by atoms with Gasteiger partial charge in [-0.3, -0.25) is 9.59 Å². The highest BCUT2D eigenvalue weighted by atomic mass is 16.5. The number of nitrogens with one attached hydrogen (secondary N) is 2. The topological polar surface area (TPSA) is 105 Å². The minimum atomic E-state index is -0.797. The van der Waals surface area contributed by atoms with Gasteiger partial charge in [0.15, 0.2) is 0 Å². The first-order valence-corrected chi connectivity index (χ1v) is 12.7. The van der Waals surface area contributed by atoms with Crippen molar-refractivity contribution in [1.82, 2.24) is 10.6 Å². The average molecular weight is 477 g/mol. The van der Waals surface area contributed by atoms with E-state index >= 15 is 0 Å². The smallest absolute Gasteiger partial charge is 0.407 e. The van der Waals surface area contributed by atoms with Crippen molar-refractivity contribution in [1.29, 1.82) is 0 Å². The minimum absolute atomic E-state index is 0.0110. The number of carboxylic acids is 1. The number of benzene rings is 2. The van der Waals surface area contributed by atoms with Crippen LogP contribution in [0.1, 0.15) is 62.0 Å². The summed E-state index contributed by atoms with van der Waals surface area (Å²) in [7, 11) is 0. The molecule has 0 aromatic heterocycles. The lowest BCUT2D eigenvalue weighted by Gasteiger charge is -2.32. The standard InChI is InChI=1S/C28H32N2O5/c31-26(29-18-14-13-17(15-18)27(32)33)23-11-5-6-12-25(23)30-28(34)35-16-24-21-9-3-1-7-19(21)20-8-2-4-10-22(20)24/h1-4,7-10,17-18,23-25H,5-6,11-16H2,(H,29,31)(H,30,34)(H,32,33)/t17-,18+,23?,25?/m1/s1. The number of carbonyl (C=O) groups excluding carboxylic acids is 2. The first kappa shape index (κ1) is 23.4. The van der Waals surface area contributed by atoms with Crippen LogP contribution < -0.4 is 10.6 Å². The number of hydrogen-bond donors (Lipinski definition) is 3. The largest absolute Gasteiger partial charge is 0.481 e. The van der Waals surface area contributed by atoms with E-state index in [0.29, 0.717) is 25.7 Å². The highest BCUT2D eigenvalue weighted by molar-refractivity contribution is 5.81. The van der Waals surface area contributed by atoms with Gasteiger partial charge in [0.25, 0.3) is 0 Å². The van der Waals surface area contributed by atoms with Crippen LogP contribution in [-0.2, 0) is 14.3 Å². The second-order valence-corrected chi connectivity index (χ2v) is 10.0. The monoisotopic (exact) mass is 476 g/mol. The van der Waals surface area contributed by atoms with Crippen LogP contribution >= 0.6 is 0 Å². The molecule has 2 aromatic carbocycles. The Morgan fingerprint density at radius 1 is 0.857 bits per heavy atom. The molecule has 2 aromatic rings. The molecule has 7 heteroatoms. The van der Waals surface area contributed by atoms with Crippen LogP contribution in [0, 0.1) is 11.8 Å². The summed E-state index contributed by atoms with van der Waals surface area (Å²) in [4.78, 5) is 37.0. The molecule has 184 valence electrons. The summed E-state index contributed by atoms with van der Waals surface area (Å²) in [5, 5.41) is 15.2. The summed E-state index contributed by atoms with van der Waals surface area (Å²) >= 11 is 0. The van der Waals surface area contributed by atoms with E-state index in [-0.39, 0.29) is 42.4 Å². The highest BCUT2D eigenvalue weighted by Gasteiger charge is 2.36. The van der Waals surface area contributed by atoms with Gasteiger partial charge in [0.2, 0.25) is 5.91 Å². The molecule has 2 unspecified atom stereocenters. The lowest BCUT2D eigenvalue weighted by molar-refractivity contribution is -0.141. The first-order valence-electron chi connectivity index (χ1n) is 12.7. The molecule has 0 heterocycles. The molecule has 2 saturated carbocycles. The Hall–Kier alpha value is -3.35. The van der Waals surface area contributed by atoms with Gasteiger partial charge < -0.3 is 20.5 Å². The molecule has 3 N–H and O–H groups in total. The summed E-state index contributed by atoms with van der Waals surface area (Å²) in [5.41, 5.74) is 4.68. The van der Waals surface area contributed by atoms with Gasteiger partial charge in [0, 0.05) is 18.0 Å². The zero-order valence-electron chi connectivity index (χ0n) is 19.7. The van der Waals surface area contributed by atoms with Crippen LogP contribution in [0.25, 0.3) is 11.1 Å². The maximum atomic E-state index is 13.0. The normalized spacial score (nSPS) is 25.4. The predicted octanol–water partition coefficient (Wildman–Crippen LogP) is 4.45. The van der Waals surface area contributed by atoms with Gasteiger partial charge in [-0.15, -0.1) is 0 Å². The molecule has 5 rings (SSSR count). The number of rotatable bonds is 6. The lowest BCUT2D eigenvalue weighted by Crippen LogP contribution is -2.50. The molecule has 0 spiro atoms. The lowest BCUT2D eigenvalue weighted by atomic mass is 9.83. The SMILES string of the molecule is O=C(NC1CCCCC1C(=O)N[C@H]1CC[C@@H](C(=O)O)C1)OCC1c2ccccc2-c2ccccc21. The molecule has 0 saturated heterocycles. The fourth-order valence-corrected chi connectivity index (χ4v) is 6.05. The Morgan fingerprint density at radius 2 is 1.51 bits per heavy atom. The zero-order valence-corrected chi connectivity index (χ0v) is 19.7. The molecule has 0 radical (unpaired) electrons. The third kappa shape index (κ3) is 4.90. The third-order valence-corrected chi connectivity index (χ3v) is 7.88. The Morgan fingerprint density at radius 3 is 2.17 bits per heavy atom. The fourth-order valence-electron chi connectivity index (χ4n) is 6.05. The van der Waals surface area contributed by atoms with E-state index in [4.69, 9.17) is 4.74 Å². The van der Waals surface area contributed by atoms with Gasteiger partial charge in [-0.25, -0.2) is 4.79 Å². The summed E-state index contributed by atoms with van der Waals surface area (Å²) in [6, 6.07) is 16.0. The van der Waals surface area contributed by atoms with E-state index in [2.05, 4.69) is 34.9 Å². The summed E-state index contributed by atoms with van der Waals surface area (Å²) in [6.07, 6.45) is 4.56. The summed E-state index contributed by atoms with van der Waals surface area (Å²) < 4.78 is 5.70. The number of carboxylic acid groups (broad SMARTS) is 1. The van der Waals surface area contributed by atoms with E-state index in [1.165, 1.54) is 11.1 Å². The Bertz CT molecular complexity index is 1070. The Kier molecular flexibility index (Phi) is 6.75. The molecular weight excluding hydrogens is 444 g/mol. The van der Waals surface area contributed by atoms with E-state index in [1.807, 2.05) is 24.3 Å².